The molecular formula is C22H20N4O2S. The van der Waals surface area contributed by atoms with E-state index in [2.05, 4.69) is 22.4 Å². The fourth-order valence-corrected chi connectivity index (χ4v) is 4.33. The van der Waals surface area contributed by atoms with E-state index in [-0.39, 0.29) is 23.6 Å². The summed E-state index contributed by atoms with van der Waals surface area (Å²) in [6, 6.07) is 17.4. The summed E-state index contributed by atoms with van der Waals surface area (Å²) >= 11 is 1.63. The molecule has 0 saturated carbocycles. The minimum Gasteiger partial charge on any atom is -0.483 e. The van der Waals surface area contributed by atoms with Crippen LogP contribution >= 0.6 is 11.8 Å². The molecule has 0 saturated heterocycles. The summed E-state index contributed by atoms with van der Waals surface area (Å²) in [6.45, 7) is -0.0981. The van der Waals surface area contributed by atoms with Crippen LogP contribution in [0, 0.1) is 5.41 Å². The minimum atomic E-state index is -0.248. The molecule has 6 nitrogen and oxygen atoms in total. The molecule has 0 spiro atoms. The molecule has 1 amide bonds. The van der Waals surface area contributed by atoms with Crippen LogP contribution in [0.15, 0.2) is 71.9 Å². The number of nitrogens with one attached hydrogen (secondary N) is 2. The molecule has 1 aromatic heterocycles. The van der Waals surface area contributed by atoms with E-state index in [1.54, 1.807) is 36.3 Å². The molecule has 0 fully saturated rings. The number of amidine groups is 1. The molecule has 1 aliphatic heterocycles. The third kappa shape index (κ3) is 4.41. The molecule has 0 radical (unpaired) electrons. The summed E-state index contributed by atoms with van der Waals surface area (Å²) in [6.07, 6.45) is 3.98. The average Bonchev–Trinajstić information content (AvgIpc) is 3.17. The normalized spacial score (nSPS) is 14.8. The fourth-order valence-electron chi connectivity index (χ4n) is 3.20. The van der Waals surface area contributed by atoms with Gasteiger partial charge >= 0.3 is 0 Å². The molecule has 2 heterocycles. The summed E-state index contributed by atoms with van der Waals surface area (Å²) in [5.74, 6) is 0.598. The first-order valence-corrected chi connectivity index (χ1v) is 10.0. The van der Waals surface area contributed by atoms with Crippen molar-refractivity contribution in [3.05, 3.63) is 72.6 Å². The van der Waals surface area contributed by atoms with E-state index in [1.807, 2.05) is 30.3 Å². The molecule has 4 rings (SSSR count). The number of aromatic nitrogens is 1. The lowest BCUT2D eigenvalue weighted by Crippen LogP contribution is -2.24. The van der Waals surface area contributed by atoms with E-state index in [0.717, 1.165) is 22.4 Å². The first-order valence-electron chi connectivity index (χ1n) is 9.16. The number of carbonyl (C=O) groups excluding carboxylic acids is 1. The van der Waals surface area contributed by atoms with Gasteiger partial charge in [0.1, 0.15) is 11.6 Å². The van der Waals surface area contributed by atoms with Gasteiger partial charge in [0.15, 0.2) is 6.61 Å². The molecule has 4 N–H and O–H groups in total. The highest BCUT2D eigenvalue weighted by Crippen LogP contribution is 2.40. The van der Waals surface area contributed by atoms with Gasteiger partial charge in [0.2, 0.25) is 0 Å². The Morgan fingerprint density at radius 2 is 2.10 bits per heavy atom. The van der Waals surface area contributed by atoms with Gasteiger partial charge < -0.3 is 15.8 Å². The molecule has 0 bridgehead atoms. The number of para-hydroxylation sites is 1. The van der Waals surface area contributed by atoms with Crippen molar-refractivity contribution in [3.63, 3.8) is 0 Å². The molecule has 2 aromatic carbocycles. The van der Waals surface area contributed by atoms with Gasteiger partial charge in [0.05, 0.1) is 17.1 Å². The Balaban J connectivity index is 1.49. The van der Waals surface area contributed by atoms with E-state index in [9.17, 15) is 4.79 Å². The molecule has 1 aliphatic rings. The zero-order valence-electron chi connectivity index (χ0n) is 15.6. The highest BCUT2D eigenvalue weighted by molar-refractivity contribution is 8.01. The Bertz CT molecular complexity index is 1060. The average molecular weight is 404 g/mol. The van der Waals surface area contributed by atoms with Crippen molar-refractivity contribution in [2.24, 2.45) is 5.73 Å². The largest absolute Gasteiger partial charge is 0.483 e. The van der Waals surface area contributed by atoms with E-state index < -0.39 is 0 Å². The van der Waals surface area contributed by atoms with Crippen LogP contribution in [0.2, 0.25) is 0 Å². The number of anilines is 1. The van der Waals surface area contributed by atoms with Crippen LogP contribution in [0.4, 0.5) is 5.69 Å². The number of nitrogens with zero attached hydrogens (tertiary/aromatic N) is 1. The zero-order valence-corrected chi connectivity index (χ0v) is 16.4. The maximum Gasteiger partial charge on any atom is 0.262 e. The number of fused-ring (bicyclic) bond motifs is 1. The molecule has 7 heteroatoms. The van der Waals surface area contributed by atoms with Crippen LogP contribution in [0.1, 0.15) is 5.56 Å². The number of carbonyl (C=O) groups is 1. The van der Waals surface area contributed by atoms with Crippen molar-refractivity contribution in [1.29, 1.82) is 5.41 Å². The Morgan fingerprint density at radius 3 is 2.90 bits per heavy atom. The van der Waals surface area contributed by atoms with Crippen LogP contribution in [-0.4, -0.2) is 28.6 Å². The number of pyridine rings is 1. The lowest BCUT2D eigenvalue weighted by atomic mass is 10.00. The second-order valence-electron chi connectivity index (χ2n) is 6.66. The lowest BCUT2D eigenvalue weighted by Gasteiger charge is -2.12. The van der Waals surface area contributed by atoms with Gasteiger partial charge in [-0.2, -0.15) is 0 Å². The first-order chi connectivity index (χ1) is 14.1. The summed E-state index contributed by atoms with van der Waals surface area (Å²) in [5.41, 5.74) is 9.41. The van der Waals surface area contributed by atoms with Gasteiger partial charge in [-0.25, -0.2) is 0 Å². The van der Waals surface area contributed by atoms with Crippen molar-refractivity contribution < 1.29 is 9.53 Å². The van der Waals surface area contributed by atoms with Crippen LogP contribution in [-0.2, 0) is 11.2 Å². The molecule has 3 aromatic rings. The van der Waals surface area contributed by atoms with E-state index in [1.165, 1.54) is 5.56 Å². The standard InChI is InChI=1S/C22H20N4O2S/c23-22(24)20-11-15-10-14(7-8-19(15)29-20)17-5-1-2-6-18(17)28-13-21(27)26-16-4-3-9-25-12-16/h1-10,12,20H,11,13H2,(H3,23,24)(H,26,27). The maximum atomic E-state index is 12.2. The molecule has 1 unspecified atom stereocenters. The van der Waals surface area contributed by atoms with Crippen LogP contribution in [0.25, 0.3) is 11.1 Å². The van der Waals surface area contributed by atoms with Crippen LogP contribution < -0.4 is 15.8 Å². The second kappa shape index (κ2) is 8.36. The number of rotatable bonds is 6. The zero-order chi connectivity index (χ0) is 20.2. The Kier molecular flexibility index (Phi) is 5.48. The minimum absolute atomic E-state index is 0.00270. The number of amides is 1. The van der Waals surface area contributed by atoms with Crippen molar-refractivity contribution in [3.8, 4) is 16.9 Å². The third-order valence-electron chi connectivity index (χ3n) is 4.58. The van der Waals surface area contributed by atoms with E-state index in [0.29, 0.717) is 11.4 Å². The highest BCUT2D eigenvalue weighted by Gasteiger charge is 2.25. The number of benzene rings is 2. The summed E-state index contributed by atoms with van der Waals surface area (Å²) in [4.78, 5) is 17.3. The predicted molar refractivity (Wildman–Crippen MR) is 116 cm³/mol. The SMILES string of the molecule is N=C(N)C1Cc2cc(-c3ccccc3OCC(=O)Nc3cccnc3)ccc2S1. The van der Waals surface area contributed by atoms with Crippen molar-refractivity contribution in [2.45, 2.75) is 16.6 Å². The summed E-state index contributed by atoms with van der Waals surface area (Å²) in [7, 11) is 0. The quantitative estimate of drug-likeness (QED) is 0.429. The van der Waals surface area contributed by atoms with Gasteiger partial charge in [-0.1, -0.05) is 24.3 Å². The van der Waals surface area contributed by atoms with Gasteiger partial charge in [0.25, 0.3) is 5.91 Å². The van der Waals surface area contributed by atoms with E-state index >= 15 is 0 Å². The van der Waals surface area contributed by atoms with Gasteiger partial charge in [-0.15, -0.1) is 11.8 Å². The number of hydrogen-bond acceptors (Lipinski definition) is 5. The Hall–Kier alpha value is -3.32. The molecule has 1 atom stereocenters. The van der Waals surface area contributed by atoms with Crippen LogP contribution in [0.5, 0.6) is 5.75 Å². The summed E-state index contributed by atoms with van der Waals surface area (Å²) < 4.78 is 5.81. The van der Waals surface area contributed by atoms with Crippen LogP contribution in [0.3, 0.4) is 0 Å². The van der Waals surface area contributed by atoms with E-state index in [4.69, 9.17) is 15.9 Å². The van der Waals surface area contributed by atoms with Crippen molar-refractivity contribution >= 4 is 29.2 Å². The van der Waals surface area contributed by atoms with Crippen molar-refractivity contribution in [2.75, 3.05) is 11.9 Å². The van der Waals surface area contributed by atoms with Gasteiger partial charge in [0, 0.05) is 16.7 Å². The monoisotopic (exact) mass is 404 g/mol. The predicted octanol–water partition coefficient (Wildman–Crippen LogP) is 3.72. The molecule has 29 heavy (non-hydrogen) atoms. The first kappa shape index (κ1) is 19.0. The molecular weight excluding hydrogens is 384 g/mol. The smallest absolute Gasteiger partial charge is 0.262 e. The number of ether oxygens (including phenoxy) is 1. The molecule has 0 aliphatic carbocycles. The Morgan fingerprint density at radius 1 is 1.24 bits per heavy atom. The van der Waals surface area contributed by atoms with Gasteiger partial charge in [-0.05, 0) is 47.9 Å². The summed E-state index contributed by atoms with van der Waals surface area (Å²) in [5, 5.41) is 10.5. The number of thioether (sulfide) groups is 1. The maximum absolute atomic E-state index is 12.2. The molecule has 146 valence electrons. The fraction of sp³-hybridized carbons (Fsp3) is 0.136. The topological polar surface area (TPSA) is 101 Å². The Labute approximate surface area is 173 Å². The highest BCUT2D eigenvalue weighted by atomic mass is 32.2. The van der Waals surface area contributed by atoms with Crippen molar-refractivity contribution in [1.82, 2.24) is 4.98 Å². The second-order valence-corrected chi connectivity index (χ2v) is 7.91. The van der Waals surface area contributed by atoms with Gasteiger partial charge in [-0.3, -0.25) is 15.2 Å². The lowest BCUT2D eigenvalue weighted by molar-refractivity contribution is -0.118. The number of hydrogen-bond donors (Lipinski definition) is 3. The number of nitrogens with two attached hydrogens (primary N) is 1. The third-order valence-corrected chi connectivity index (χ3v) is 5.94.